The number of nitrogens with one attached hydrogen (secondary N) is 2. The fourth-order valence-electron chi connectivity index (χ4n) is 7.25. The summed E-state index contributed by atoms with van der Waals surface area (Å²) in [5, 5.41) is 129. The van der Waals surface area contributed by atoms with Crippen LogP contribution in [0.4, 0.5) is 0 Å². The molecule has 4 heterocycles. The van der Waals surface area contributed by atoms with Crippen molar-refractivity contribution in [3.63, 3.8) is 0 Å². The van der Waals surface area contributed by atoms with Gasteiger partial charge in [0.05, 0.1) is 19.8 Å². The Bertz CT molecular complexity index is 1670. The van der Waals surface area contributed by atoms with E-state index in [9.17, 15) is 54.9 Å². The topological polar surface area (TPSA) is 499 Å². The van der Waals surface area contributed by atoms with Gasteiger partial charge in [-0.2, -0.15) is 0 Å². The van der Waals surface area contributed by atoms with Crippen LogP contribution in [0.2, 0.25) is 0 Å². The number of hydrogen-bond donors (Lipinski definition) is 13. The van der Waals surface area contributed by atoms with Crippen molar-refractivity contribution in [1.29, 1.82) is 0 Å². The van der Waals surface area contributed by atoms with Crippen LogP contribution in [0.5, 0.6) is 0 Å². The normalized spacial score (nSPS) is 37.2. The van der Waals surface area contributed by atoms with E-state index in [1.54, 1.807) is 0 Å². The Labute approximate surface area is 419 Å². The number of rotatable bonds is 31. The third-order valence-corrected chi connectivity index (χ3v) is 11.7. The highest BCUT2D eigenvalue weighted by Crippen LogP contribution is 2.40. The zero-order chi connectivity index (χ0) is 53.1. The maximum Gasteiger partial charge on any atom is 0.335 e. The highest BCUT2D eigenvalue weighted by atomic mass is 32.2. The summed E-state index contributed by atoms with van der Waals surface area (Å²) in [5.74, 6) is -5.52. The molecule has 4 saturated heterocycles. The van der Waals surface area contributed by atoms with E-state index in [0.29, 0.717) is 0 Å². The summed E-state index contributed by atoms with van der Waals surface area (Å²) in [6.07, 6.45) is -35.6. The van der Waals surface area contributed by atoms with Crippen LogP contribution in [-0.4, -0.2) is 223 Å². The molecule has 41 heteroatoms. The number of aliphatic hydroxyl groups excluding tert-OH is 5. The Morgan fingerprint density at radius 3 is 1.33 bits per heavy atom. The molecule has 2 amide bonds. The van der Waals surface area contributed by atoms with E-state index in [1.165, 1.54) is 6.08 Å². The van der Waals surface area contributed by atoms with E-state index in [4.69, 9.17) is 75.7 Å². The fraction of sp³-hybridized carbons (Fsp3) is 0.806. The van der Waals surface area contributed by atoms with Crippen LogP contribution in [0.3, 0.4) is 0 Å². The summed E-state index contributed by atoms with van der Waals surface area (Å²) in [6.45, 7) is 3.26. The predicted octanol–water partition coefficient (Wildman–Crippen LogP) is -4.03. The summed E-state index contributed by atoms with van der Waals surface area (Å²) in [7, 11) is 0. The molecular weight excluding hydrogens is 1090 g/mol. The average Bonchev–Trinajstić information content (AvgIpc) is 3.33. The van der Waals surface area contributed by atoms with Crippen LogP contribution in [0, 0.1) is 0 Å². The third-order valence-electron chi connectivity index (χ3n) is 10.0. The summed E-state index contributed by atoms with van der Waals surface area (Å²) in [6, 6.07) is -3.49. The molecule has 4 fully saturated rings. The number of hydrogen-bond acceptors (Lipinski definition) is 37. The Kier molecular flexibility index (Phi) is 27.6. The molecule has 8 unspecified atom stereocenters. The van der Waals surface area contributed by atoms with Gasteiger partial charge in [0.1, 0.15) is 73.1 Å². The first-order valence-electron chi connectivity index (χ1n) is 19.8. The average molecular weight is 1140 g/mol. The van der Waals surface area contributed by atoms with Gasteiger partial charge < -0.3 is 84.3 Å². The Morgan fingerprint density at radius 2 is 0.917 bits per heavy atom. The van der Waals surface area contributed by atoms with Crippen LogP contribution in [-0.2, 0) is 111 Å². The molecule has 4 aliphatic heterocycles. The van der Waals surface area contributed by atoms with Crippen LogP contribution >= 0.6 is 49.3 Å². The minimum atomic E-state index is -2.43. The number of ether oxygens (including phenoxy) is 8. The molecule has 0 bridgehead atoms. The Balaban J connectivity index is 1.83. The van der Waals surface area contributed by atoms with E-state index in [2.05, 4.69) is 54.7 Å². The number of carbonyl (C=O) groups excluding carboxylic acids is 2. The molecule has 37 nitrogen and oxygen atoms in total. The number of carboxylic acid groups (broad SMARTS) is 2. The van der Waals surface area contributed by atoms with Crippen LogP contribution in [0.25, 0.3) is 0 Å². The lowest BCUT2D eigenvalue weighted by Crippen LogP contribution is -2.71. The van der Waals surface area contributed by atoms with Crippen LogP contribution < -0.4 is 10.6 Å². The zero-order valence-corrected chi connectivity index (χ0v) is 39.6. The van der Waals surface area contributed by atoms with Gasteiger partial charge in [-0.25, -0.2) is 30.6 Å². The standard InChI is InChI=1S/C31H48N2O35S4/c1-4-5-49-28-12(32-8(2)36)17(14(38)10(6-34)50-28)52-31-25(60-72-68-64-48)22(58-70-66-62-46)21(23(56-31)27(43)44)55-29-13(33-9(3)37)18(15(39)11(7-35)51-29)53-30-24(59-71-67-63-47)19(57-69-65-61-45)16(40)20(54-30)26(41)42/h4,10-25,28-31,34-35,38-40,45-48H,1,5-7H2,2-3H3,(H,32,36)(H,33,37)(H,41,42)(H,43,44)/t10?,11?,12?,13?,14-,15-,16+,17+,18+,19-,20?,21+,22-,23?,24?,25?,28+,29-,30+,31+/m0/s1. The second-order valence-corrected chi connectivity index (χ2v) is 16.3. The summed E-state index contributed by atoms with van der Waals surface area (Å²) in [5.41, 5.74) is 0. The van der Waals surface area contributed by atoms with Gasteiger partial charge >= 0.3 is 11.9 Å². The number of aliphatic hydroxyl groups is 5. The van der Waals surface area contributed by atoms with Crippen molar-refractivity contribution in [1.82, 2.24) is 10.6 Å². The molecule has 0 aromatic rings. The van der Waals surface area contributed by atoms with Gasteiger partial charge in [0.25, 0.3) is 0 Å². The maximum atomic E-state index is 13.2. The van der Waals surface area contributed by atoms with E-state index < -0.39 is 160 Å². The SMILES string of the molecule is C=CCO[C@@H]1OC(CO)[C@H](O)[C@H](O[C@@H]2OC(C(=O)O)[C@H](O[C@@H]3OC(CO)[C@H](O)[C@H](O[C@@H]4OC(C(=O)O)[C@H](O)[C@H](OSOOO)C4OSOOO)C3NC(C)=O)[C@H](OSOOO)C2OSOOO)C1NC(C)=O. The van der Waals surface area contributed by atoms with E-state index >= 15 is 0 Å². The second-order valence-electron chi connectivity index (χ2n) is 14.4. The molecule has 0 aromatic carbocycles. The first-order chi connectivity index (χ1) is 34.5. The van der Waals surface area contributed by atoms with Gasteiger partial charge in [0, 0.05) is 13.8 Å². The van der Waals surface area contributed by atoms with E-state index in [1.807, 2.05) is 0 Å². The van der Waals surface area contributed by atoms with Crippen molar-refractivity contribution in [2.75, 3.05) is 19.8 Å². The van der Waals surface area contributed by atoms with Crippen molar-refractivity contribution in [2.24, 2.45) is 0 Å². The lowest BCUT2D eigenvalue weighted by atomic mass is 9.94. The molecule has 4 aliphatic rings. The quantitative estimate of drug-likeness (QED) is 0.0103. The lowest BCUT2D eigenvalue weighted by molar-refractivity contribution is -0.436. The molecule has 13 N–H and O–H groups in total. The molecule has 20 atom stereocenters. The largest absolute Gasteiger partial charge is 0.479 e. The van der Waals surface area contributed by atoms with Gasteiger partial charge in [-0.3, -0.25) is 26.3 Å². The predicted molar refractivity (Wildman–Crippen MR) is 217 cm³/mol. The monoisotopic (exact) mass is 1140 g/mol. The zero-order valence-electron chi connectivity index (χ0n) is 36.3. The molecule has 0 radical (unpaired) electrons. The van der Waals surface area contributed by atoms with Crippen LogP contribution in [0.15, 0.2) is 12.7 Å². The number of carboxylic acids is 2. The van der Waals surface area contributed by atoms with Crippen molar-refractivity contribution in [2.45, 2.75) is 137 Å². The van der Waals surface area contributed by atoms with Crippen molar-refractivity contribution in [3.05, 3.63) is 12.7 Å². The summed E-state index contributed by atoms with van der Waals surface area (Å²) in [4.78, 5) is 50.9. The molecule has 4 rings (SSSR count). The van der Waals surface area contributed by atoms with Crippen molar-refractivity contribution >= 4 is 73.0 Å². The number of aliphatic carboxylic acids is 2. The first kappa shape index (κ1) is 62.4. The Morgan fingerprint density at radius 1 is 0.528 bits per heavy atom. The molecule has 0 saturated carbocycles. The lowest BCUT2D eigenvalue weighted by Gasteiger charge is -2.50. The molecule has 72 heavy (non-hydrogen) atoms. The van der Waals surface area contributed by atoms with Gasteiger partial charge in [-0.05, 0) is 0 Å². The molecule has 0 aliphatic carbocycles. The van der Waals surface area contributed by atoms with E-state index in [0.717, 1.165) is 13.8 Å². The third kappa shape index (κ3) is 16.9. The second kappa shape index (κ2) is 31.8. The minimum absolute atomic E-state index is 0.198. The fourth-order valence-corrected chi connectivity index (χ4v) is 8.68. The van der Waals surface area contributed by atoms with Gasteiger partial charge in [0.15, 0.2) is 98.9 Å². The molecule has 0 aromatic heterocycles. The smallest absolute Gasteiger partial charge is 0.335 e. The number of carbonyl (C=O) groups is 4. The first-order valence-corrected chi connectivity index (χ1v) is 22.5. The Hall–Kier alpha value is -2.14. The van der Waals surface area contributed by atoms with Crippen molar-refractivity contribution in [3.8, 4) is 0 Å². The molecule has 0 spiro atoms. The summed E-state index contributed by atoms with van der Waals surface area (Å²) < 4.78 is 85.3. The highest BCUT2D eigenvalue weighted by molar-refractivity contribution is 7.90. The minimum Gasteiger partial charge on any atom is -0.479 e. The molecule has 416 valence electrons. The molecular formula is C31H48N2O35S4. The van der Waals surface area contributed by atoms with Gasteiger partial charge in [0.2, 0.25) is 11.8 Å². The van der Waals surface area contributed by atoms with Crippen molar-refractivity contribution < 1.29 is 168 Å². The van der Waals surface area contributed by atoms with Gasteiger partial charge in [-0.1, -0.05) is 26.2 Å². The number of amides is 2. The summed E-state index contributed by atoms with van der Waals surface area (Å²) >= 11 is -0.842. The van der Waals surface area contributed by atoms with E-state index in [-0.39, 0.29) is 55.9 Å². The highest BCUT2D eigenvalue weighted by Gasteiger charge is 2.60. The maximum absolute atomic E-state index is 13.2. The van der Waals surface area contributed by atoms with Gasteiger partial charge in [-0.15, -0.1) is 23.9 Å². The van der Waals surface area contributed by atoms with Crippen LogP contribution in [0.1, 0.15) is 13.8 Å².